The van der Waals surface area contributed by atoms with Crippen LogP contribution in [0.15, 0.2) is 18.5 Å². The number of rotatable bonds is 0. The van der Waals surface area contributed by atoms with E-state index in [2.05, 4.69) is 32.5 Å². The van der Waals surface area contributed by atoms with Crippen LogP contribution in [0.1, 0.15) is 16.8 Å². The lowest BCUT2D eigenvalue weighted by Crippen LogP contribution is -2.13. The summed E-state index contributed by atoms with van der Waals surface area (Å²) in [4.78, 5) is 4.35. The molecule has 1 aromatic heterocycles. The van der Waals surface area contributed by atoms with Crippen molar-refractivity contribution in [2.45, 2.75) is 13.5 Å². The lowest BCUT2D eigenvalue weighted by Gasteiger charge is -2.15. The molecule has 1 N–H and O–H groups in total. The molecule has 0 spiro atoms. The van der Waals surface area contributed by atoms with Gasteiger partial charge in [0.15, 0.2) is 0 Å². The second kappa shape index (κ2) is 2.87. The van der Waals surface area contributed by atoms with Crippen molar-refractivity contribution in [3.63, 3.8) is 0 Å². The van der Waals surface area contributed by atoms with Gasteiger partial charge < -0.3 is 5.32 Å². The van der Waals surface area contributed by atoms with Crippen LogP contribution in [0.25, 0.3) is 5.31 Å². The van der Waals surface area contributed by atoms with E-state index >= 15 is 0 Å². The lowest BCUT2D eigenvalue weighted by atomic mass is 10.1. The Hall–Kier alpha value is -0.880. The molecule has 2 nitrogen and oxygen atoms in total. The summed E-state index contributed by atoms with van der Waals surface area (Å²) in [5, 5.41) is 4.35. The van der Waals surface area contributed by atoms with Gasteiger partial charge in [-0.1, -0.05) is 0 Å². The zero-order chi connectivity index (χ0) is 8.55. The zero-order valence-corrected chi connectivity index (χ0v) is 8.12. The summed E-state index contributed by atoms with van der Waals surface area (Å²) in [5.74, 6) is 0. The van der Waals surface area contributed by atoms with E-state index in [0.29, 0.717) is 0 Å². The molecule has 0 radical (unpaired) electrons. The lowest BCUT2D eigenvalue weighted by molar-refractivity contribution is 0.820. The van der Waals surface area contributed by atoms with Gasteiger partial charge in [0.05, 0.1) is 12.2 Å². The fraction of sp³-hybridized carbons (Fsp3) is 0.222. The fourth-order valence-corrected chi connectivity index (χ4v) is 1.69. The highest BCUT2D eigenvalue weighted by Crippen LogP contribution is 2.26. The summed E-state index contributed by atoms with van der Waals surface area (Å²) in [6.07, 6.45) is 3.91. The fourth-order valence-electron chi connectivity index (χ4n) is 1.32. The monoisotopic (exact) mass is 178 g/mol. The third-order valence-corrected chi connectivity index (χ3v) is 2.42. The van der Waals surface area contributed by atoms with Crippen LogP contribution in [-0.2, 0) is 6.54 Å². The average molecular weight is 178 g/mol. The van der Waals surface area contributed by atoms with Crippen LogP contribution in [0.2, 0.25) is 0 Å². The Balaban J connectivity index is 2.58. The van der Waals surface area contributed by atoms with Crippen molar-refractivity contribution >= 4 is 14.6 Å². The van der Waals surface area contributed by atoms with Gasteiger partial charge in [0.1, 0.15) is 0 Å². The van der Waals surface area contributed by atoms with E-state index in [1.54, 1.807) is 0 Å². The number of aryl methyl sites for hydroxylation is 1. The van der Waals surface area contributed by atoms with Crippen molar-refractivity contribution in [1.82, 2.24) is 10.3 Å². The van der Waals surface area contributed by atoms with Crippen molar-refractivity contribution in [3.8, 4) is 0 Å². The zero-order valence-electron chi connectivity index (χ0n) is 6.96. The molecule has 0 fully saturated rings. The maximum atomic E-state index is 4.35. The molecule has 0 amide bonds. The number of hydrogen-bond acceptors (Lipinski definition) is 2. The molecule has 3 heteroatoms. The number of aromatic nitrogens is 1. The quantitative estimate of drug-likeness (QED) is 0.611. The molecule has 2 rings (SSSR count). The van der Waals surface area contributed by atoms with Crippen LogP contribution in [0, 0.1) is 6.92 Å². The van der Waals surface area contributed by atoms with Crippen molar-refractivity contribution in [1.29, 1.82) is 0 Å². The van der Waals surface area contributed by atoms with E-state index in [0.717, 1.165) is 12.2 Å². The topological polar surface area (TPSA) is 24.9 Å². The van der Waals surface area contributed by atoms with Gasteiger partial charge in [0.25, 0.3) is 0 Å². The van der Waals surface area contributed by atoms with Crippen molar-refractivity contribution in [3.05, 3.63) is 35.3 Å². The molecule has 1 atom stereocenters. The molecule has 0 saturated carbocycles. The molecular weight excluding hydrogens is 167 g/mol. The first-order chi connectivity index (χ1) is 5.77. The molecule has 0 saturated heterocycles. The van der Waals surface area contributed by atoms with Crippen LogP contribution in [-0.4, -0.2) is 4.98 Å². The number of nitrogens with zero attached hydrogens (tertiary/aromatic N) is 1. The Morgan fingerprint density at radius 2 is 2.42 bits per heavy atom. The number of hydrogen-bond donors (Lipinski definition) is 1. The van der Waals surface area contributed by atoms with Crippen LogP contribution in [0.3, 0.4) is 0 Å². The minimum atomic E-state index is 0.841. The number of nitrogens with one attached hydrogen (secondary N) is 1. The first kappa shape index (κ1) is 7.75. The SMILES string of the molecule is Cc1cnc2c(c1)C(P)=CNC2. The van der Waals surface area contributed by atoms with Gasteiger partial charge in [-0.2, -0.15) is 0 Å². The average Bonchev–Trinajstić information content (AvgIpc) is 2.07. The number of fused-ring (bicyclic) bond motifs is 1. The summed E-state index contributed by atoms with van der Waals surface area (Å²) < 4.78 is 0. The summed E-state index contributed by atoms with van der Waals surface area (Å²) in [6.45, 7) is 2.90. The molecule has 1 unspecified atom stereocenters. The molecule has 1 aliphatic rings. The molecule has 62 valence electrons. The minimum absolute atomic E-state index is 0.841. The smallest absolute Gasteiger partial charge is 0.0673 e. The van der Waals surface area contributed by atoms with E-state index in [4.69, 9.17) is 0 Å². The number of pyridine rings is 1. The highest BCUT2D eigenvalue weighted by molar-refractivity contribution is 7.31. The summed E-state index contributed by atoms with van der Waals surface area (Å²) >= 11 is 0. The third kappa shape index (κ3) is 1.23. The maximum absolute atomic E-state index is 4.35. The van der Waals surface area contributed by atoms with Crippen LogP contribution < -0.4 is 5.32 Å². The van der Waals surface area contributed by atoms with Crippen LogP contribution in [0.5, 0.6) is 0 Å². The predicted octanol–water partition coefficient (Wildman–Crippen LogP) is 1.67. The molecule has 2 heterocycles. The van der Waals surface area contributed by atoms with Gasteiger partial charge in [-0.05, 0) is 23.9 Å². The molecule has 0 aromatic carbocycles. The van der Waals surface area contributed by atoms with Crippen molar-refractivity contribution < 1.29 is 0 Å². The standard InChI is InChI=1S/C9H11N2P/c1-6-2-7-8(11-3-6)4-10-5-9(7)12/h2-3,5,10H,4,12H2,1H3. The Morgan fingerprint density at radius 1 is 1.58 bits per heavy atom. The molecule has 0 bridgehead atoms. The van der Waals surface area contributed by atoms with Gasteiger partial charge >= 0.3 is 0 Å². The summed E-state index contributed by atoms with van der Waals surface area (Å²) in [6, 6.07) is 2.17. The van der Waals surface area contributed by atoms with Crippen molar-refractivity contribution in [2.75, 3.05) is 0 Å². The molecule has 1 aliphatic heterocycles. The molecule has 1 aromatic rings. The maximum Gasteiger partial charge on any atom is 0.0673 e. The minimum Gasteiger partial charge on any atom is -0.385 e. The largest absolute Gasteiger partial charge is 0.385 e. The van der Waals surface area contributed by atoms with Crippen LogP contribution in [0.4, 0.5) is 0 Å². The Bertz CT molecular complexity index is 344. The van der Waals surface area contributed by atoms with E-state index in [1.807, 2.05) is 12.4 Å². The molecule has 12 heavy (non-hydrogen) atoms. The van der Waals surface area contributed by atoms with Gasteiger partial charge in [0.2, 0.25) is 0 Å². The summed E-state index contributed by atoms with van der Waals surface area (Å²) in [7, 11) is 2.72. The predicted molar refractivity (Wildman–Crippen MR) is 53.5 cm³/mol. The highest BCUT2D eigenvalue weighted by atomic mass is 31.0. The summed E-state index contributed by atoms with van der Waals surface area (Å²) in [5.41, 5.74) is 3.59. The van der Waals surface area contributed by atoms with E-state index in [9.17, 15) is 0 Å². The van der Waals surface area contributed by atoms with Gasteiger partial charge in [-0.3, -0.25) is 4.98 Å². The molecular formula is C9H11N2P. The van der Waals surface area contributed by atoms with E-state index < -0.39 is 0 Å². The Kier molecular flexibility index (Phi) is 1.86. The molecule has 0 aliphatic carbocycles. The van der Waals surface area contributed by atoms with E-state index in [-0.39, 0.29) is 0 Å². The highest BCUT2D eigenvalue weighted by Gasteiger charge is 2.09. The van der Waals surface area contributed by atoms with Crippen LogP contribution >= 0.6 is 9.24 Å². The second-order valence-corrected chi connectivity index (χ2v) is 3.61. The first-order valence-electron chi connectivity index (χ1n) is 3.92. The van der Waals surface area contributed by atoms with E-state index in [1.165, 1.54) is 16.4 Å². The van der Waals surface area contributed by atoms with Gasteiger partial charge in [0, 0.05) is 18.0 Å². The third-order valence-electron chi connectivity index (χ3n) is 1.95. The van der Waals surface area contributed by atoms with Crippen molar-refractivity contribution in [2.24, 2.45) is 0 Å². The second-order valence-electron chi connectivity index (χ2n) is 2.99. The normalized spacial score (nSPS) is 14.7. The first-order valence-corrected chi connectivity index (χ1v) is 4.50. The Morgan fingerprint density at radius 3 is 3.25 bits per heavy atom. The van der Waals surface area contributed by atoms with Gasteiger partial charge in [-0.15, -0.1) is 9.24 Å². The Labute approximate surface area is 74.3 Å². The van der Waals surface area contributed by atoms with Gasteiger partial charge in [-0.25, -0.2) is 0 Å².